The lowest BCUT2D eigenvalue weighted by atomic mass is 10.3. The van der Waals surface area contributed by atoms with Crippen molar-refractivity contribution in [1.29, 1.82) is 5.41 Å². The lowest BCUT2D eigenvalue weighted by Gasteiger charge is -1.97. The highest BCUT2D eigenvalue weighted by molar-refractivity contribution is 5.87. The summed E-state index contributed by atoms with van der Waals surface area (Å²) in [5.74, 6) is -0.378. The summed E-state index contributed by atoms with van der Waals surface area (Å²) in [5.41, 5.74) is 0.662. The van der Waals surface area contributed by atoms with Gasteiger partial charge in [-0.2, -0.15) is 0 Å². The van der Waals surface area contributed by atoms with Crippen molar-refractivity contribution in [3.05, 3.63) is 23.9 Å². The molecule has 82 valence electrons. The minimum Gasteiger partial charge on any atom is -0.463 e. The quantitative estimate of drug-likeness (QED) is 0.300. The van der Waals surface area contributed by atoms with Gasteiger partial charge in [0, 0.05) is 30.1 Å². The molecule has 0 bridgehead atoms. The molecule has 2 N–H and O–H groups in total. The minimum absolute atomic E-state index is 0.368. The van der Waals surface area contributed by atoms with Crippen LogP contribution in [0.3, 0.4) is 0 Å². The van der Waals surface area contributed by atoms with Crippen LogP contribution < -0.4 is 5.32 Å². The molecule has 0 amide bonds. The molecule has 1 rings (SSSR count). The maximum Gasteiger partial charge on any atom is 0.330 e. The third-order valence-corrected chi connectivity index (χ3v) is 1.93. The zero-order valence-electron chi connectivity index (χ0n) is 8.82. The van der Waals surface area contributed by atoms with E-state index in [4.69, 9.17) is 10.1 Å². The first-order valence-electron chi connectivity index (χ1n) is 5.07. The number of allylic oxidation sites excluding steroid dienone is 2. The molecule has 0 aromatic rings. The number of hydrogen-bond acceptors (Lipinski definition) is 4. The fraction of sp³-hybridized carbons (Fsp3) is 0.455. The van der Waals surface area contributed by atoms with Crippen molar-refractivity contribution in [2.45, 2.75) is 25.8 Å². The van der Waals surface area contributed by atoms with E-state index in [-0.39, 0.29) is 5.97 Å². The Balaban J connectivity index is 2.39. The van der Waals surface area contributed by atoms with E-state index in [0.717, 1.165) is 0 Å². The van der Waals surface area contributed by atoms with E-state index in [1.54, 1.807) is 19.2 Å². The summed E-state index contributed by atoms with van der Waals surface area (Å²) < 4.78 is 4.73. The van der Waals surface area contributed by atoms with E-state index < -0.39 is 0 Å². The minimum atomic E-state index is -0.378. The molecular weight excluding hydrogens is 192 g/mol. The predicted molar refractivity (Wildman–Crippen MR) is 58.8 cm³/mol. The van der Waals surface area contributed by atoms with Crippen LogP contribution in [0.2, 0.25) is 0 Å². The summed E-state index contributed by atoms with van der Waals surface area (Å²) in [4.78, 5) is 11.0. The molecule has 0 aliphatic heterocycles. The highest BCUT2D eigenvalue weighted by Crippen LogP contribution is 2.18. The van der Waals surface area contributed by atoms with E-state index >= 15 is 0 Å². The van der Waals surface area contributed by atoms with E-state index in [9.17, 15) is 4.79 Å². The van der Waals surface area contributed by atoms with Gasteiger partial charge in [0.25, 0.3) is 0 Å². The molecule has 0 aromatic heterocycles. The molecule has 0 aromatic carbocycles. The van der Waals surface area contributed by atoms with Crippen LogP contribution in [0.4, 0.5) is 0 Å². The van der Waals surface area contributed by atoms with Crippen molar-refractivity contribution in [2.75, 3.05) is 6.61 Å². The van der Waals surface area contributed by atoms with Gasteiger partial charge >= 0.3 is 5.97 Å². The lowest BCUT2D eigenvalue weighted by Crippen LogP contribution is -2.08. The van der Waals surface area contributed by atoms with Gasteiger partial charge in [-0.25, -0.2) is 4.79 Å². The van der Waals surface area contributed by atoms with Crippen molar-refractivity contribution in [3.63, 3.8) is 0 Å². The van der Waals surface area contributed by atoms with Crippen LogP contribution in [0.15, 0.2) is 23.9 Å². The average molecular weight is 208 g/mol. The molecule has 1 aliphatic rings. The Labute approximate surface area is 89.5 Å². The molecule has 1 saturated carbocycles. The third-order valence-electron chi connectivity index (χ3n) is 1.93. The largest absolute Gasteiger partial charge is 0.463 e. The van der Waals surface area contributed by atoms with Gasteiger partial charge in [0.15, 0.2) is 0 Å². The number of carbonyl (C=O) groups excluding carboxylic acids is 1. The highest BCUT2D eigenvalue weighted by atomic mass is 16.5. The Morgan fingerprint density at radius 1 is 1.53 bits per heavy atom. The SMILES string of the molecule is CCOC(=O)/C=C/C(C=N)=C/NC1CC1. The lowest BCUT2D eigenvalue weighted by molar-refractivity contribution is -0.137. The third kappa shape index (κ3) is 5.00. The number of rotatable bonds is 6. The van der Waals surface area contributed by atoms with Gasteiger partial charge in [-0.1, -0.05) is 0 Å². The zero-order chi connectivity index (χ0) is 11.1. The Hall–Kier alpha value is -1.58. The summed E-state index contributed by atoms with van der Waals surface area (Å²) in [6, 6.07) is 0.552. The molecule has 4 nitrogen and oxygen atoms in total. The molecule has 0 heterocycles. The molecule has 0 unspecified atom stereocenters. The summed E-state index contributed by atoms with van der Waals surface area (Å²) >= 11 is 0. The fourth-order valence-electron chi connectivity index (χ4n) is 0.957. The van der Waals surface area contributed by atoms with E-state index in [1.165, 1.54) is 25.1 Å². The number of hydrogen-bond donors (Lipinski definition) is 2. The van der Waals surface area contributed by atoms with E-state index in [1.807, 2.05) is 0 Å². The van der Waals surface area contributed by atoms with Gasteiger partial charge < -0.3 is 15.5 Å². The van der Waals surface area contributed by atoms with E-state index in [2.05, 4.69) is 5.32 Å². The number of carbonyl (C=O) groups is 1. The van der Waals surface area contributed by atoms with Gasteiger partial charge in [0.1, 0.15) is 0 Å². The Bertz CT molecular complexity index is 291. The topological polar surface area (TPSA) is 62.2 Å². The van der Waals surface area contributed by atoms with Gasteiger partial charge in [-0.05, 0) is 25.8 Å². The van der Waals surface area contributed by atoms with Gasteiger partial charge in [-0.3, -0.25) is 0 Å². The van der Waals surface area contributed by atoms with Crippen LogP contribution in [-0.4, -0.2) is 24.8 Å². The van der Waals surface area contributed by atoms with Crippen molar-refractivity contribution < 1.29 is 9.53 Å². The van der Waals surface area contributed by atoms with Gasteiger partial charge in [0.2, 0.25) is 0 Å². The van der Waals surface area contributed by atoms with Crippen LogP contribution in [0.1, 0.15) is 19.8 Å². The van der Waals surface area contributed by atoms with Gasteiger partial charge in [-0.15, -0.1) is 0 Å². The van der Waals surface area contributed by atoms with Gasteiger partial charge in [0.05, 0.1) is 6.61 Å². The first kappa shape index (κ1) is 11.5. The Morgan fingerprint density at radius 3 is 2.80 bits per heavy atom. The second kappa shape index (κ2) is 6.01. The van der Waals surface area contributed by atoms with Crippen LogP contribution >= 0.6 is 0 Å². The molecule has 0 spiro atoms. The standard InChI is InChI=1S/C11H16N2O2/c1-2-15-11(14)6-3-9(7-12)8-13-10-4-5-10/h3,6-8,10,12-13H,2,4-5H2,1H3/b6-3+,9-8-,12-7?. The van der Waals surface area contributed by atoms with Crippen molar-refractivity contribution in [2.24, 2.45) is 0 Å². The number of esters is 1. The van der Waals surface area contributed by atoms with Crippen LogP contribution in [0.25, 0.3) is 0 Å². The maximum absolute atomic E-state index is 11.0. The summed E-state index contributed by atoms with van der Waals surface area (Å²) in [6.45, 7) is 2.13. The Morgan fingerprint density at radius 2 is 2.27 bits per heavy atom. The Kier molecular flexibility index (Phi) is 4.60. The molecule has 0 radical (unpaired) electrons. The molecule has 1 aliphatic carbocycles. The van der Waals surface area contributed by atoms with Crippen LogP contribution in [-0.2, 0) is 9.53 Å². The normalized spacial score (nSPS) is 16.5. The molecule has 1 fully saturated rings. The van der Waals surface area contributed by atoms with Crippen LogP contribution in [0.5, 0.6) is 0 Å². The predicted octanol–water partition coefficient (Wildman–Crippen LogP) is 1.39. The molecular formula is C11H16N2O2. The first-order valence-corrected chi connectivity index (χ1v) is 5.07. The van der Waals surface area contributed by atoms with Crippen molar-refractivity contribution in [3.8, 4) is 0 Å². The molecule has 15 heavy (non-hydrogen) atoms. The summed E-state index contributed by atoms with van der Waals surface area (Å²) in [6.07, 6.45) is 8.22. The highest BCUT2D eigenvalue weighted by Gasteiger charge is 2.18. The first-order chi connectivity index (χ1) is 7.26. The molecule has 0 atom stereocenters. The molecule has 4 heteroatoms. The summed E-state index contributed by atoms with van der Waals surface area (Å²) in [7, 11) is 0. The smallest absolute Gasteiger partial charge is 0.330 e. The number of nitrogens with one attached hydrogen (secondary N) is 2. The van der Waals surface area contributed by atoms with Crippen molar-refractivity contribution >= 4 is 12.2 Å². The van der Waals surface area contributed by atoms with E-state index in [0.29, 0.717) is 18.2 Å². The zero-order valence-corrected chi connectivity index (χ0v) is 8.82. The van der Waals surface area contributed by atoms with Crippen LogP contribution in [0, 0.1) is 5.41 Å². The average Bonchev–Trinajstić information content (AvgIpc) is 3.02. The fourth-order valence-corrected chi connectivity index (χ4v) is 0.957. The second-order valence-electron chi connectivity index (χ2n) is 3.31. The monoisotopic (exact) mass is 208 g/mol. The molecule has 0 saturated heterocycles. The second-order valence-corrected chi connectivity index (χ2v) is 3.31. The number of ether oxygens (including phenoxy) is 1. The maximum atomic E-state index is 11.0. The summed E-state index contributed by atoms with van der Waals surface area (Å²) in [5, 5.41) is 10.3. The van der Waals surface area contributed by atoms with Crippen molar-refractivity contribution in [1.82, 2.24) is 5.32 Å².